The minimum atomic E-state index is -2.83. The molecule has 2 aromatic heterocycles. The molecule has 6 nitrogen and oxygen atoms in total. The Labute approximate surface area is 193 Å². The van der Waals surface area contributed by atoms with E-state index >= 15 is 4.39 Å². The van der Waals surface area contributed by atoms with Crippen molar-refractivity contribution < 1.29 is 22.3 Å². The van der Waals surface area contributed by atoms with Crippen LogP contribution < -0.4 is 4.90 Å². The van der Waals surface area contributed by atoms with E-state index in [0.717, 1.165) is 11.0 Å². The van der Waals surface area contributed by atoms with Gasteiger partial charge in [0.2, 0.25) is 0 Å². The lowest BCUT2D eigenvalue weighted by atomic mass is 10.1. The van der Waals surface area contributed by atoms with E-state index in [9.17, 15) is 13.2 Å². The second kappa shape index (κ2) is 8.91. The van der Waals surface area contributed by atoms with Gasteiger partial charge in [0.05, 0.1) is 17.4 Å². The molecule has 0 spiro atoms. The Kier molecular flexibility index (Phi) is 6.15. The van der Waals surface area contributed by atoms with E-state index in [1.54, 1.807) is 26.8 Å². The molecule has 0 atom stereocenters. The molecular formula is C24H21F4N5O. The number of hydrogen-bond donors (Lipinski definition) is 0. The largest absolute Gasteiger partial charge is 0.366 e. The van der Waals surface area contributed by atoms with Gasteiger partial charge < -0.3 is 9.64 Å². The van der Waals surface area contributed by atoms with E-state index in [1.165, 1.54) is 35.8 Å². The fraction of sp³-hybridized carbons (Fsp3) is 0.292. The first-order valence-corrected chi connectivity index (χ1v) is 10.3. The summed E-state index contributed by atoms with van der Waals surface area (Å²) in [5.41, 5.74) is -0.173. The third kappa shape index (κ3) is 4.52. The van der Waals surface area contributed by atoms with Crippen molar-refractivity contribution >= 4 is 28.2 Å². The van der Waals surface area contributed by atoms with Gasteiger partial charge in [0.25, 0.3) is 12.2 Å². The van der Waals surface area contributed by atoms with E-state index in [1.807, 2.05) is 0 Å². The molecule has 0 saturated heterocycles. The van der Waals surface area contributed by atoms with Gasteiger partial charge in [-0.3, -0.25) is 4.40 Å². The van der Waals surface area contributed by atoms with Crippen LogP contribution >= 0.6 is 0 Å². The lowest BCUT2D eigenvalue weighted by molar-refractivity contribution is 0.0741. The highest BCUT2D eigenvalue weighted by molar-refractivity contribution is 5.94. The lowest BCUT2D eigenvalue weighted by Gasteiger charge is -2.25. The molecule has 0 fully saturated rings. The van der Waals surface area contributed by atoms with Gasteiger partial charge in [-0.1, -0.05) is 17.9 Å². The highest BCUT2D eigenvalue weighted by atomic mass is 19.3. The quantitative estimate of drug-likeness (QED) is 0.301. The summed E-state index contributed by atoms with van der Waals surface area (Å²) in [4.78, 5) is 5.40. The second-order valence-corrected chi connectivity index (χ2v) is 8.12. The van der Waals surface area contributed by atoms with Crippen molar-refractivity contribution in [2.45, 2.75) is 32.8 Å². The average molecular weight is 471 g/mol. The molecule has 0 aliphatic carbocycles. The van der Waals surface area contributed by atoms with Gasteiger partial charge in [-0.05, 0) is 51.1 Å². The summed E-state index contributed by atoms with van der Waals surface area (Å²) in [5, 5.41) is 7.92. The molecule has 0 N–H and O–H groups in total. The van der Waals surface area contributed by atoms with Crippen LogP contribution in [0.4, 0.5) is 29.1 Å². The molecule has 4 rings (SSSR count). The summed E-state index contributed by atoms with van der Waals surface area (Å²) in [6.07, 6.45) is -2.83. The van der Waals surface area contributed by atoms with Crippen LogP contribution in [0.3, 0.4) is 0 Å². The molecule has 4 aromatic rings. The summed E-state index contributed by atoms with van der Waals surface area (Å²) in [6, 6.07) is 8.00. The fourth-order valence-corrected chi connectivity index (χ4v) is 3.50. The van der Waals surface area contributed by atoms with Crippen molar-refractivity contribution in [1.29, 1.82) is 0 Å². The normalized spacial score (nSPS) is 11.8. The number of hydrogen-bond acceptors (Lipinski definition) is 5. The molecule has 0 bridgehead atoms. The molecule has 2 aromatic carbocycles. The van der Waals surface area contributed by atoms with Crippen molar-refractivity contribution in [3.63, 3.8) is 0 Å². The van der Waals surface area contributed by atoms with Gasteiger partial charge in [-0.25, -0.2) is 17.6 Å². The Morgan fingerprint density at radius 3 is 2.62 bits per heavy atom. The van der Waals surface area contributed by atoms with Crippen molar-refractivity contribution in [1.82, 2.24) is 19.6 Å². The Morgan fingerprint density at radius 2 is 1.91 bits per heavy atom. The molecule has 0 amide bonds. The summed E-state index contributed by atoms with van der Waals surface area (Å²) in [5.74, 6) is 4.73. The standard InChI is InChI=1S/C24H21F4N5O/c1-14-30-31-23-29-22(21-18(26)6-5-7-19(21)33(14)23)32(13-20(27)28)17-11-15(10-16(25)12-17)8-9-24(2,3)34-4/h5-7,10-12,20H,13H2,1-4H3. The number of benzene rings is 2. The number of nitrogens with zero attached hydrogens (tertiary/aromatic N) is 5. The van der Waals surface area contributed by atoms with E-state index in [0.29, 0.717) is 11.3 Å². The second-order valence-electron chi connectivity index (χ2n) is 8.12. The number of aryl methyl sites for hydroxylation is 1. The van der Waals surface area contributed by atoms with Crippen molar-refractivity contribution in [3.05, 3.63) is 59.4 Å². The predicted octanol–water partition coefficient (Wildman–Crippen LogP) is 5.04. The number of fused-ring (bicyclic) bond motifs is 3. The molecule has 0 unspecified atom stereocenters. The first kappa shape index (κ1) is 23.4. The fourth-order valence-electron chi connectivity index (χ4n) is 3.50. The van der Waals surface area contributed by atoms with Crippen molar-refractivity contribution in [2.75, 3.05) is 18.6 Å². The minimum Gasteiger partial charge on any atom is -0.366 e. The van der Waals surface area contributed by atoms with Gasteiger partial charge in [-0.2, -0.15) is 4.98 Å². The molecule has 34 heavy (non-hydrogen) atoms. The van der Waals surface area contributed by atoms with Crippen LogP contribution in [0.15, 0.2) is 36.4 Å². The summed E-state index contributed by atoms with van der Waals surface area (Å²) in [7, 11) is 1.49. The average Bonchev–Trinajstić information content (AvgIpc) is 3.16. The number of anilines is 2. The third-order valence-electron chi connectivity index (χ3n) is 5.26. The van der Waals surface area contributed by atoms with Crippen LogP contribution in [0.5, 0.6) is 0 Å². The minimum absolute atomic E-state index is 0.0176. The van der Waals surface area contributed by atoms with Crippen LogP contribution in [0.2, 0.25) is 0 Å². The van der Waals surface area contributed by atoms with Crippen LogP contribution in [-0.4, -0.2) is 45.3 Å². The zero-order valence-electron chi connectivity index (χ0n) is 18.9. The van der Waals surface area contributed by atoms with Gasteiger partial charge in [0.15, 0.2) is 0 Å². The monoisotopic (exact) mass is 471 g/mol. The number of aromatic nitrogens is 4. The summed E-state index contributed by atoms with van der Waals surface area (Å²) in [6.45, 7) is 4.27. The molecule has 2 heterocycles. The van der Waals surface area contributed by atoms with E-state index in [2.05, 4.69) is 27.0 Å². The molecule has 0 saturated carbocycles. The highest BCUT2D eigenvalue weighted by Gasteiger charge is 2.24. The van der Waals surface area contributed by atoms with Crippen LogP contribution in [0, 0.1) is 30.4 Å². The first-order valence-electron chi connectivity index (χ1n) is 10.3. The number of ether oxygens (including phenoxy) is 1. The first-order chi connectivity index (χ1) is 16.1. The van der Waals surface area contributed by atoms with Gasteiger partial charge in [0, 0.05) is 18.4 Å². The van der Waals surface area contributed by atoms with E-state index in [-0.39, 0.29) is 28.2 Å². The number of rotatable bonds is 5. The Hall–Kier alpha value is -3.71. The molecule has 0 aliphatic rings. The number of halogens is 4. The maximum atomic E-state index is 15.1. The molecule has 176 valence electrons. The Balaban J connectivity index is 1.97. The van der Waals surface area contributed by atoms with E-state index in [4.69, 9.17) is 4.74 Å². The van der Waals surface area contributed by atoms with E-state index < -0.39 is 30.2 Å². The van der Waals surface area contributed by atoms with Crippen LogP contribution in [0.25, 0.3) is 16.7 Å². The highest BCUT2D eigenvalue weighted by Crippen LogP contribution is 2.34. The van der Waals surface area contributed by atoms with Crippen LogP contribution in [-0.2, 0) is 4.74 Å². The zero-order valence-corrected chi connectivity index (χ0v) is 18.9. The van der Waals surface area contributed by atoms with Crippen molar-refractivity contribution in [3.8, 4) is 11.8 Å². The molecular weight excluding hydrogens is 450 g/mol. The molecule has 0 aliphatic heterocycles. The smallest absolute Gasteiger partial charge is 0.257 e. The van der Waals surface area contributed by atoms with Gasteiger partial charge >= 0.3 is 0 Å². The summed E-state index contributed by atoms with van der Waals surface area (Å²) < 4.78 is 63.8. The van der Waals surface area contributed by atoms with Gasteiger partial charge in [0.1, 0.15) is 28.9 Å². The van der Waals surface area contributed by atoms with Crippen molar-refractivity contribution in [2.24, 2.45) is 0 Å². The maximum Gasteiger partial charge on any atom is 0.257 e. The third-order valence-corrected chi connectivity index (χ3v) is 5.26. The SMILES string of the molecule is COC(C)(C)C#Cc1cc(F)cc(N(CC(F)F)c2nc3nnc(C)n3c3cccc(F)c23)c1. The molecule has 10 heteroatoms. The lowest BCUT2D eigenvalue weighted by Crippen LogP contribution is -2.26. The van der Waals surface area contributed by atoms with Crippen LogP contribution in [0.1, 0.15) is 25.2 Å². The van der Waals surface area contributed by atoms with Gasteiger partial charge in [-0.15, -0.1) is 10.2 Å². The Morgan fingerprint density at radius 1 is 1.15 bits per heavy atom. The molecule has 0 radical (unpaired) electrons. The maximum absolute atomic E-state index is 15.1. The topological polar surface area (TPSA) is 55.5 Å². The summed E-state index contributed by atoms with van der Waals surface area (Å²) >= 11 is 0. The number of methoxy groups -OCH3 is 1. The Bertz CT molecular complexity index is 1440. The number of alkyl halides is 2. The zero-order chi connectivity index (χ0) is 24.6. The predicted molar refractivity (Wildman–Crippen MR) is 120 cm³/mol.